The lowest BCUT2D eigenvalue weighted by atomic mass is 9.74. The second-order valence-corrected chi connectivity index (χ2v) is 6.71. The minimum absolute atomic E-state index is 0.875. The molecule has 1 heteroatoms. The highest BCUT2D eigenvalue weighted by Crippen LogP contribution is 2.37. The van der Waals surface area contributed by atoms with E-state index in [2.05, 4.69) is 11.4 Å². The molecule has 0 spiro atoms. The lowest BCUT2D eigenvalue weighted by Gasteiger charge is -2.33. The second-order valence-electron chi connectivity index (χ2n) is 6.71. The number of hydrogen-bond donors (Lipinski definition) is 1. The molecule has 1 unspecified atom stereocenters. The van der Waals surface area contributed by atoms with E-state index in [9.17, 15) is 0 Å². The second kappa shape index (κ2) is 6.23. The van der Waals surface area contributed by atoms with Crippen molar-refractivity contribution in [2.75, 3.05) is 6.54 Å². The van der Waals surface area contributed by atoms with Crippen LogP contribution < -0.4 is 5.32 Å². The third kappa shape index (κ3) is 3.38. The van der Waals surface area contributed by atoms with Gasteiger partial charge in [-0.2, -0.15) is 0 Å². The molecular weight excluding hydrogens is 218 g/mol. The van der Waals surface area contributed by atoms with Crippen LogP contribution in [0.15, 0.2) is 11.6 Å². The SMILES string of the molecule is C1=C(C(CNC2CC2)C2CCCCC2)CCCC1. The predicted octanol–water partition coefficient (Wildman–Crippen LogP) is 4.44. The Kier molecular flexibility index (Phi) is 4.40. The van der Waals surface area contributed by atoms with Crippen LogP contribution in [0.25, 0.3) is 0 Å². The van der Waals surface area contributed by atoms with Gasteiger partial charge in [0.15, 0.2) is 0 Å². The minimum Gasteiger partial charge on any atom is -0.313 e. The van der Waals surface area contributed by atoms with Gasteiger partial charge in [-0.15, -0.1) is 0 Å². The summed E-state index contributed by atoms with van der Waals surface area (Å²) in [6, 6.07) is 0.875. The van der Waals surface area contributed by atoms with Crippen molar-refractivity contribution in [3.63, 3.8) is 0 Å². The fourth-order valence-electron chi connectivity index (χ4n) is 3.92. The van der Waals surface area contributed by atoms with Crippen LogP contribution in [-0.2, 0) is 0 Å². The molecule has 0 saturated heterocycles. The highest BCUT2D eigenvalue weighted by atomic mass is 14.9. The summed E-state index contributed by atoms with van der Waals surface area (Å²) in [6.07, 6.45) is 18.5. The normalized spacial score (nSPS) is 27.9. The van der Waals surface area contributed by atoms with E-state index in [1.807, 2.05) is 5.57 Å². The van der Waals surface area contributed by atoms with Gasteiger partial charge in [-0.25, -0.2) is 0 Å². The van der Waals surface area contributed by atoms with E-state index in [4.69, 9.17) is 0 Å². The van der Waals surface area contributed by atoms with Gasteiger partial charge in [0, 0.05) is 12.6 Å². The van der Waals surface area contributed by atoms with Gasteiger partial charge in [0.1, 0.15) is 0 Å². The first-order chi connectivity index (χ1) is 8.93. The summed E-state index contributed by atoms with van der Waals surface area (Å²) in [4.78, 5) is 0. The zero-order valence-corrected chi connectivity index (χ0v) is 11.8. The Morgan fingerprint density at radius 1 is 1.00 bits per heavy atom. The van der Waals surface area contributed by atoms with Crippen molar-refractivity contribution in [3.05, 3.63) is 11.6 Å². The molecule has 18 heavy (non-hydrogen) atoms. The van der Waals surface area contributed by atoms with Crippen molar-refractivity contribution in [1.82, 2.24) is 5.32 Å². The first kappa shape index (κ1) is 12.7. The van der Waals surface area contributed by atoms with Crippen LogP contribution in [0.5, 0.6) is 0 Å². The minimum atomic E-state index is 0.875. The first-order valence-corrected chi connectivity index (χ1v) is 8.36. The van der Waals surface area contributed by atoms with E-state index in [1.54, 1.807) is 0 Å². The van der Waals surface area contributed by atoms with E-state index < -0.39 is 0 Å². The smallest absolute Gasteiger partial charge is 0.00684 e. The molecule has 3 aliphatic rings. The fourth-order valence-corrected chi connectivity index (χ4v) is 3.92. The van der Waals surface area contributed by atoms with Crippen molar-refractivity contribution in [2.45, 2.75) is 76.7 Å². The summed E-state index contributed by atoms with van der Waals surface area (Å²) in [6.45, 7) is 1.28. The quantitative estimate of drug-likeness (QED) is 0.708. The lowest BCUT2D eigenvalue weighted by molar-refractivity contribution is 0.262. The van der Waals surface area contributed by atoms with Gasteiger partial charge in [-0.3, -0.25) is 0 Å². The monoisotopic (exact) mass is 247 g/mol. The summed E-state index contributed by atoms with van der Waals surface area (Å²) >= 11 is 0. The lowest BCUT2D eigenvalue weighted by Crippen LogP contribution is -2.32. The summed E-state index contributed by atoms with van der Waals surface area (Å²) in [5.41, 5.74) is 1.82. The molecule has 0 aliphatic heterocycles. The molecule has 3 rings (SSSR count). The molecule has 1 atom stereocenters. The van der Waals surface area contributed by atoms with E-state index in [1.165, 1.54) is 77.2 Å². The van der Waals surface area contributed by atoms with Crippen molar-refractivity contribution >= 4 is 0 Å². The fraction of sp³-hybridized carbons (Fsp3) is 0.882. The van der Waals surface area contributed by atoms with E-state index in [0.29, 0.717) is 0 Å². The topological polar surface area (TPSA) is 12.0 Å². The third-order valence-electron chi connectivity index (χ3n) is 5.23. The van der Waals surface area contributed by atoms with Crippen LogP contribution in [-0.4, -0.2) is 12.6 Å². The summed E-state index contributed by atoms with van der Waals surface area (Å²) in [5.74, 6) is 1.88. The molecule has 0 aromatic rings. The Labute approximate surface area is 112 Å². The molecule has 0 heterocycles. The molecule has 0 radical (unpaired) electrons. The van der Waals surface area contributed by atoms with Crippen LogP contribution >= 0.6 is 0 Å². The predicted molar refractivity (Wildman–Crippen MR) is 77.6 cm³/mol. The Bertz CT molecular complexity index is 284. The molecule has 0 aromatic heterocycles. The maximum Gasteiger partial charge on any atom is 0.00684 e. The Morgan fingerprint density at radius 2 is 1.83 bits per heavy atom. The van der Waals surface area contributed by atoms with Crippen LogP contribution in [0.3, 0.4) is 0 Å². The van der Waals surface area contributed by atoms with Crippen molar-refractivity contribution < 1.29 is 0 Å². The van der Waals surface area contributed by atoms with Crippen LogP contribution in [0.2, 0.25) is 0 Å². The molecular formula is C17H29N. The molecule has 0 amide bonds. The summed E-state index contributed by atoms with van der Waals surface area (Å²) < 4.78 is 0. The molecule has 2 fully saturated rings. The van der Waals surface area contributed by atoms with Gasteiger partial charge >= 0.3 is 0 Å². The Morgan fingerprint density at radius 3 is 2.50 bits per heavy atom. The van der Waals surface area contributed by atoms with Gasteiger partial charge in [0.25, 0.3) is 0 Å². The first-order valence-electron chi connectivity index (χ1n) is 8.36. The van der Waals surface area contributed by atoms with Gasteiger partial charge in [0.2, 0.25) is 0 Å². The van der Waals surface area contributed by atoms with Gasteiger partial charge in [-0.05, 0) is 63.2 Å². The van der Waals surface area contributed by atoms with Gasteiger partial charge in [0.05, 0.1) is 0 Å². The van der Waals surface area contributed by atoms with E-state index in [-0.39, 0.29) is 0 Å². The average Bonchev–Trinajstić information content (AvgIpc) is 3.26. The van der Waals surface area contributed by atoms with Crippen LogP contribution in [0, 0.1) is 11.8 Å². The number of allylic oxidation sites excluding steroid dienone is 1. The van der Waals surface area contributed by atoms with Crippen LogP contribution in [0.4, 0.5) is 0 Å². The molecule has 0 bridgehead atoms. The average molecular weight is 247 g/mol. The summed E-state index contributed by atoms with van der Waals surface area (Å²) in [7, 11) is 0. The largest absolute Gasteiger partial charge is 0.313 e. The van der Waals surface area contributed by atoms with Crippen molar-refractivity contribution in [1.29, 1.82) is 0 Å². The third-order valence-corrected chi connectivity index (χ3v) is 5.23. The van der Waals surface area contributed by atoms with Crippen molar-refractivity contribution in [3.8, 4) is 0 Å². The molecule has 0 aromatic carbocycles. The molecule has 3 aliphatic carbocycles. The number of hydrogen-bond acceptors (Lipinski definition) is 1. The van der Waals surface area contributed by atoms with Gasteiger partial charge in [-0.1, -0.05) is 30.9 Å². The Hall–Kier alpha value is -0.300. The zero-order chi connectivity index (χ0) is 12.2. The van der Waals surface area contributed by atoms with E-state index >= 15 is 0 Å². The maximum absolute atomic E-state index is 3.81. The maximum atomic E-state index is 3.81. The molecule has 1 nitrogen and oxygen atoms in total. The van der Waals surface area contributed by atoms with Crippen LogP contribution in [0.1, 0.15) is 70.6 Å². The molecule has 102 valence electrons. The highest BCUT2D eigenvalue weighted by Gasteiger charge is 2.29. The highest BCUT2D eigenvalue weighted by molar-refractivity contribution is 5.12. The zero-order valence-electron chi connectivity index (χ0n) is 11.8. The molecule has 1 N–H and O–H groups in total. The number of rotatable bonds is 5. The van der Waals surface area contributed by atoms with Gasteiger partial charge < -0.3 is 5.32 Å². The standard InChI is InChI=1S/C17H29N/c1-3-7-14(8-4-1)17(13-18-16-11-12-16)15-9-5-2-6-10-15/h7,15-18H,1-6,8-13H2. The summed E-state index contributed by atoms with van der Waals surface area (Å²) in [5, 5.41) is 3.81. The van der Waals surface area contributed by atoms with Crippen molar-refractivity contribution in [2.24, 2.45) is 11.8 Å². The van der Waals surface area contributed by atoms with E-state index in [0.717, 1.165) is 17.9 Å². The number of nitrogens with one attached hydrogen (secondary N) is 1. The molecule has 2 saturated carbocycles. The Balaban J connectivity index is 1.62.